The fraction of sp³-hybridized carbons (Fsp3) is 0.429. The predicted molar refractivity (Wildman–Crippen MR) is 103 cm³/mol. The van der Waals surface area contributed by atoms with Crippen molar-refractivity contribution in [3.63, 3.8) is 0 Å². The first-order valence-corrected chi connectivity index (χ1v) is 9.43. The number of hydrogen-bond donors (Lipinski definition) is 2. The summed E-state index contributed by atoms with van der Waals surface area (Å²) < 4.78 is 5.28. The normalized spacial score (nSPS) is 19.7. The number of benzene rings is 1. The van der Waals surface area contributed by atoms with Crippen LogP contribution in [0, 0.1) is 5.92 Å². The molecule has 1 aromatic carbocycles. The van der Waals surface area contributed by atoms with Gasteiger partial charge in [0, 0.05) is 25.0 Å². The highest BCUT2D eigenvalue weighted by Crippen LogP contribution is 2.30. The van der Waals surface area contributed by atoms with Gasteiger partial charge in [-0.3, -0.25) is 4.79 Å². The van der Waals surface area contributed by atoms with E-state index in [1.165, 1.54) is 0 Å². The molecule has 1 saturated heterocycles. The van der Waals surface area contributed by atoms with Crippen molar-refractivity contribution in [3.05, 3.63) is 60.1 Å². The molecule has 0 saturated carbocycles. The first-order valence-electron chi connectivity index (χ1n) is 9.43. The van der Waals surface area contributed by atoms with Crippen LogP contribution in [0.3, 0.4) is 0 Å². The van der Waals surface area contributed by atoms with Crippen LogP contribution < -0.4 is 10.6 Å². The lowest BCUT2D eigenvalue weighted by Crippen LogP contribution is -2.52. The largest absolute Gasteiger partial charge is 0.467 e. The van der Waals surface area contributed by atoms with Crippen molar-refractivity contribution in [2.24, 2.45) is 5.92 Å². The van der Waals surface area contributed by atoms with E-state index in [1.807, 2.05) is 38.1 Å². The van der Waals surface area contributed by atoms with Gasteiger partial charge in [-0.05, 0) is 38.0 Å². The van der Waals surface area contributed by atoms with Crippen LogP contribution in [0.5, 0.6) is 0 Å². The molecule has 3 amide bonds. The molecule has 0 aliphatic carbocycles. The van der Waals surface area contributed by atoms with Gasteiger partial charge in [0.25, 0.3) is 0 Å². The van der Waals surface area contributed by atoms with E-state index in [1.54, 1.807) is 17.2 Å². The van der Waals surface area contributed by atoms with Gasteiger partial charge in [-0.1, -0.05) is 30.3 Å². The number of urea groups is 1. The smallest absolute Gasteiger partial charge is 0.317 e. The average molecular weight is 369 g/mol. The fourth-order valence-electron chi connectivity index (χ4n) is 3.49. The summed E-state index contributed by atoms with van der Waals surface area (Å²) in [5.41, 5.74) is 1.16. The summed E-state index contributed by atoms with van der Waals surface area (Å²) in [6, 6.07) is 13.7. The van der Waals surface area contributed by atoms with Crippen LogP contribution in [0.15, 0.2) is 53.1 Å². The van der Waals surface area contributed by atoms with Crippen LogP contribution in [-0.4, -0.2) is 36.0 Å². The lowest BCUT2D eigenvalue weighted by atomic mass is 9.84. The Labute approximate surface area is 159 Å². The number of carbonyl (C=O) groups excluding carboxylic acids is 2. The van der Waals surface area contributed by atoms with Crippen molar-refractivity contribution in [2.75, 3.05) is 13.1 Å². The van der Waals surface area contributed by atoms with Gasteiger partial charge < -0.3 is 20.0 Å². The zero-order valence-electron chi connectivity index (χ0n) is 15.9. The monoisotopic (exact) mass is 369 g/mol. The minimum Gasteiger partial charge on any atom is -0.467 e. The molecule has 144 valence electrons. The van der Waals surface area contributed by atoms with Crippen molar-refractivity contribution in [1.29, 1.82) is 0 Å². The molecule has 2 heterocycles. The second-order valence-electron chi connectivity index (χ2n) is 7.35. The third-order valence-corrected chi connectivity index (χ3v) is 4.81. The molecule has 27 heavy (non-hydrogen) atoms. The number of likely N-dealkylation sites (tertiary alicyclic amines) is 1. The maximum Gasteiger partial charge on any atom is 0.317 e. The third-order valence-electron chi connectivity index (χ3n) is 4.81. The van der Waals surface area contributed by atoms with Gasteiger partial charge in [0.05, 0.1) is 18.7 Å². The number of furan rings is 1. The number of nitrogens with zero attached hydrogens (tertiary/aromatic N) is 1. The van der Waals surface area contributed by atoms with E-state index in [2.05, 4.69) is 22.8 Å². The molecular weight excluding hydrogens is 342 g/mol. The molecule has 1 aliphatic rings. The summed E-state index contributed by atoms with van der Waals surface area (Å²) >= 11 is 0. The van der Waals surface area contributed by atoms with Crippen molar-refractivity contribution in [3.8, 4) is 0 Å². The molecule has 0 unspecified atom stereocenters. The summed E-state index contributed by atoms with van der Waals surface area (Å²) in [5, 5.41) is 5.87. The summed E-state index contributed by atoms with van der Waals surface area (Å²) in [4.78, 5) is 27.1. The molecule has 1 aliphatic heterocycles. The van der Waals surface area contributed by atoms with Crippen molar-refractivity contribution in [2.45, 2.75) is 38.8 Å². The van der Waals surface area contributed by atoms with E-state index < -0.39 is 0 Å². The second-order valence-corrected chi connectivity index (χ2v) is 7.35. The van der Waals surface area contributed by atoms with Gasteiger partial charge in [0.15, 0.2) is 0 Å². The molecular formula is C21H27N3O3. The Hall–Kier alpha value is -2.76. The lowest BCUT2D eigenvalue weighted by Gasteiger charge is -2.37. The topological polar surface area (TPSA) is 74.6 Å². The predicted octanol–water partition coefficient (Wildman–Crippen LogP) is 3.12. The highest BCUT2D eigenvalue weighted by atomic mass is 16.3. The van der Waals surface area contributed by atoms with E-state index in [4.69, 9.17) is 4.42 Å². The number of piperidine rings is 1. The van der Waals surface area contributed by atoms with Crippen LogP contribution in [0.2, 0.25) is 0 Å². The minimum atomic E-state index is -0.253. The Morgan fingerprint density at radius 3 is 2.59 bits per heavy atom. The van der Waals surface area contributed by atoms with Crippen LogP contribution in [0.25, 0.3) is 0 Å². The number of nitrogens with one attached hydrogen (secondary N) is 2. The van der Waals surface area contributed by atoms with Gasteiger partial charge >= 0.3 is 6.03 Å². The first-order chi connectivity index (χ1) is 13.0. The summed E-state index contributed by atoms with van der Waals surface area (Å²) in [6.45, 7) is 5.26. The van der Waals surface area contributed by atoms with E-state index >= 15 is 0 Å². The quantitative estimate of drug-likeness (QED) is 0.850. The van der Waals surface area contributed by atoms with Gasteiger partial charge in [-0.15, -0.1) is 0 Å². The van der Waals surface area contributed by atoms with Gasteiger partial charge in [0.1, 0.15) is 5.76 Å². The maximum atomic E-state index is 12.7. The van der Waals surface area contributed by atoms with E-state index in [9.17, 15) is 9.59 Å². The molecule has 3 rings (SSSR count). The Balaban J connectivity index is 1.71. The molecule has 0 bridgehead atoms. The average Bonchev–Trinajstić information content (AvgIpc) is 3.19. The Morgan fingerprint density at radius 2 is 1.93 bits per heavy atom. The van der Waals surface area contributed by atoms with Crippen LogP contribution >= 0.6 is 0 Å². The number of rotatable bonds is 5. The summed E-state index contributed by atoms with van der Waals surface area (Å²) in [7, 11) is 0. The second kappa shape index (κ2) is 8.75. The van der Waals surface area contributed by atoms with E-state index in [-0.39, 0.29) is 29.8 Å². The molecule has 1 aromatic heterocycles. The fourth-order valence-corrected chi connectivity index (χ4v) is 3.49. The number of amides is 3. The SMILES string of the molecule is CC(C)NC(=O)N1C[C@H](C(=O)NCc2ccco2)C[C@H](c2ccccc2)C1. The third kappa shape index (κ3) is 5.12. The highest BCUT2D eigenvalue weighted by Gasteiger charge is 2.34. The van der Waals surface area contributed by atoms with Gasteiger partial charge in [0.2, 0.25) is 5.91 Å². The van der Waals surface area contributed by atoms with Gasteiger partial charge in [-0.2, -0.15) is 0 Å². The molecule has 2 atom stereocenters. The maximum absolute atomic E-state index is 12.7. The van der Waals surface area contributed by atoms with Crippen molar-refractivity contribution in [1.82, 2.24) is 15.5 Å². The molecule has 0 radical (unpaired) electrons. The van der Waals surface area contributed by atoms with Crippen LogP contribution in [0.1, 0.15) is 37.5 Å². The van der Waals surface area contributed by atoms with Crippen LogP contribution in [0.4, 0.5) is 4.79 Å². The molecule has 0 spiro atoms. The lowest BCUT2D eigenvalue weighted by molar-refractivity contribution is -0.126. The summed E-state index contributed by atoms with van der Waals surface area (Å²) in [5.74, 6) is 0.552. The Morgan fingerprint density at radius 1 is 1.15 bits per heavy atom. The molecule has 2 aromatic rings. The standard InChI is InChI=1S/C21H27N3O3/c1-15(2)23-21(26)24-13-17(16-7-4-3-5-8-16)11-18(14-24)20(25)22-12-19-9-6-10-27-19/h3-10,15,17-18H,11-14H2,1-2H3,(H,22,25)(H,23,26)/t17-,18+/m0/s1. The van der Waals surface area contributed by atoms with E-state index in [0.717, 1.165) is 12.0 Å². The molecule has 1 fully saturated rings. The zero-order valence-corrected chi connectivity index (χ0v) is 15.9. The van der Waals surface area contributed by atoms with Gasteiger partial charge in [-0.25, -0.2) is 4.79 Å². The Kier molecular flexibility index (Phi) is 6.16. The molecule has 2 N–H and O–H groups in total. The number of carbonyl (C=O) groups is 2. The van der Waals surface area contributed by atoms with Crippen molar-refractivity contribution < 1.29 is 14.0 Å². The Bertz CT molecular complexity index is 743. The highest BCUT2D eigenvalue weighted by molar-refractivity contribution is 5.81. The van der Waals surface area contributed by atoms with Crippen LogP contribution in [-0.2, 0) is 11.3 Å². The molecule has 6 heteroatoms. The zero-order chi connectivity index (χ0) is 19.2. The minimum absolute atomic E-state index is 0.0469. The molecule has 6 nitrogen and oxygen atoms in total. The number of hydrogen-bond acceptors (Lipinski definition) is 3. The summed E-state index contributed by atoms with van der Waals surface area (Å²) in [6.07, 6.45) is 2.31. The van der Waals surface area contributed by atoms with Crippen molar-refractivity contribution >= 4 is 11.9 Å². The van der Waals surface area contributed by atoms with E-state index in [0.29, 0.717) is 25.4 Å². The first kappa shape index (κ1) is 19.0.